The summed E-state index contributed by atoms with van der Waals surface area (Å²) in [5.74, 6) is -0.815. The number of likely N-dealkylation sites (tertiary alicyclic amines) is 1. The lowest BCUT2D eigenvalue weighted by Gasteiger charge is -2.30. The molecule has 1 aliphatic rings. The van der Waals surface area contributed by atoms with Crippen LogP contribution in [0.2, 0.25) is 0 Å². The summed E-state index contributed by atoms with van der Waals surface area (Å²) in [5, 5.41) is 11.9. The Hall–Kier alpha value is -2.04. The summed E-state index contributed by atoms with van der Waals surface area (Å²) < 4.78 is 0. The van der Waals surface area contributed by atoms with Gasteiger partial charge in [-0.05, 0) is 31.2 Å². The summed E-state index contributed by atoms with van der Waals surface area (Å²) in [5.41, 5.74) is 2.43. The second-order valence-corrected chi connectivity index (χ2v) is 6.10. The van der Waals surface area contributed by atoms with Gasteiger partial charge in [0.25, 0.3) is 0 Å². The van der Waals surface area contributed by atoms with Gasteiger partial charge in [-0.2, -0.15) is 0 Å². The average molecular weight is 304 g/mol. The molecule has 120 valence electrons. The number of benzene rings is 1. The molecule has 5 heteroatoms. The number of piperidine rings is 1. The molecule has 0 aromatic heterocycles. The van der Waals surface area contributed by atoms with Crippen molar-refractivity contribution in [2.45, 2.75) is 32.6 Å². The molecule has 1 aromatic carbocycles. The largest absolute Gasteiger partial charge is 0.481 e. The minimum Gasteiger partial charge on any atom is -0.481 e. The zero-order valence-corrected chi connectivity index (χ0v) is 13.2. The minimum absolute atomic E-state index is 0.0946. The fraction of sp³-hybridized carbons (Fsp3) is 0.529. The van der Waals surface area contributed by atoms with Gasteiger partial charge in [-0.25, -0.2) is 4.79 Å². The topological polar surface area (TPSA) is 69.6 Å². The molecule has 0 aliphatic carbocycles. The van der Waals surface area contributed by atoms with Gasteiger partial charge in [0.05, 0.1) is 5.92 Å². The summed E-state index contributed by atoms with van der Waals surface area (Å²) in [6.07, 6.45) is 1.08. The van der Waals surface area contributed by atoms with Gasteiger partial charge in [-0.3, -0.25) is 4.79 Å². The molecule has 0 saturated carbocycles. The lowest BCUT2D eigenvalue weighted by atomic mass is 9.97. The fourth-order valence-corrected chi connectivity index (χ4v) is 2.69. The molecule has 2 amide bonds. The standard InChI is InChI=1S/C17H24N2O3/c1-12-3-5-14(6-4-12)13(2)11-18-17(22)19-9-7-15(8-10-19)16(20)21/h3-6,13,15H,7-11H2,1-2H3,(H,18,22)(H,20,21). The Morgan fingerprint density at radius 3 is 2.41 bits per heavy atom. The van der Waals surface area contributed by atoms with Crippen molar-refractivity contribution in [3.63, 3.8) is 0 Å². The molecule has 2 N–H and O–H groups in total. The quantitative estimate of drug-likeness (QED) is 0.898. The number of nitrogens with one attached hydrogen (secondary N) is 1. The van der Waals surface area contributed by atoms with Gasteiger partial charge in [0.2, 0.25) is 0 Å². The second kappa shape index (κ2) is 7.29. The third-order valence-corrected chi connectivity index (χ3v) is 4.34. The normalized spacial score (nSPS) is 17.1. The third kappa shape index (κ3) is 4.23. The molecule has 1 unspecified atom stereocenters. The highest BCUT2D eigenvalue weighted by atomic mass is 16.4. The van der Waals surface area contributed by atoms with E-state index >= 15 is 0 Å². The van der Waals surface area contributed by atoms with Crippen LogP contribution in [0.1, 0.15) is 36.8 Å². The molecule has 1 heterocycles. The molecular formula is C17H24N2O3. The Labute approximate surface area is 131 Å². The van der Waals surface area contributed by atoms with Crippen molar-refractivity contribution < 1.29 is 14.7 Å². The van der Waals surface area contributed by atoms with Crippen LogP contribution < -0.4 is 5.32 Å². The summed E-state index contributed by atoms with van der Waals surface area (Å²) >= 11 is 0. The number of carbonyl (C=O) groups excluding carboxylic acids is 1. The van der Waals surface area contributed by atoms with Crippen LogP contribution >= 0.6 is 0 Å². The number of carboxylic acids is 1. The lowest BCUT2D eigenvalue weighted by molar-refractivity contribution is -0.143. The summed E-state index contributed by atoms with van der Waals surface area (Å²) in [6, 6.07) is 8.23. The summed E-state index contributed by atoms with van der Waals surface area (Å²) in [6.45, 7) is 5.75. The van der Waals surface area contributed by atoms with Crippen LogP contribution in [0, 0.1) is 12.8 Å². The zero-order valence-electron chi connectivity index (χ0n) is 13.2. The maximum absolute atomic E-state index is 12.1. The number of urea groups is 1. The molecule has 1 aliphatic heterocycles. The van der Waals surface area contributed by atoms with Gasteiger partial charge in [0.1, 0.15) is 0 Å². The van der Waals surface area contributed by atoms with E-state index in [-0.39, 0.29) is 17.9 Å². The maximum atomic E-state index is 12.1. The van der Waals surface area contributed by atoms with Gasteiger partial charge < -0.3 is 15.3 Å². The van der Waals surface area contributed by atoms with Crippen molar-refractivity contribution in [2.75, 3.05) is 19.6 Å². The number of hydrogen-bond donors (Lipinski definition) is 2. The average Bonchev–Trinajstić information content (AvgIpc) is 2.53. The molecular weight excluding hydrogens is 280 g/mol. The molecule has 1 saturated heterocycles. The number of amides is 2. The van der Waals surface area contributed by atoms with Gasteiger partial charge in [0.15, 0.2) is 0 Å². The first kappa shape index (κ1) is 16.3. The Morgan fingerprint density at radius 2 is 1.86 bits per heavy atom. The summed E-state index contributed by atoms with van der Waals surface area (Å²) in [7, 11) is 0. The fourth-order valence-electron chi connectivity index (χ4n) is 2.69. The van der Waals surface area contributed by atoms with Gasteiger partial charge in [-0.1, -0.05) is 36.8 Å². The van der Waals surface area contributed by atoms with Gasteiger partial charge >= 0.3 is 12.0 Å². The van der Waals surface area contributed by atoms with E-state index in [0.29, 0.717) is 32.5 Å². The van der Waals surface area contributed by atoms with Crippen molar-refractivity contribution >= 4 is 12.0 Å². The Bertz CT molecular complexity index is 519. The minimum atomic E-state index is -0.756. The van der Waals surface area contributed by atoms with Crippen LogP contribution in [0.25, 0.3) is 0 Å². The monoisotopic (exact) mass is 304 g/mol. The first-order chi connectivity index (χ1) is 10.5. The predicted molar refractivity (Wildman–Crippen MR) is 84.9 cm³/mol. The summed E-state index contributed by atoms with van der Waals surface area (Å²) in [4.78, 5) is 24.7. The van der Waals surface area contributed by atoms with Crippen LogP contribution in [0.3, 0.4) is 0 Å². The zero-order chi connectivity index (χ0) is 16.1. The number of aliphatic carboxylic acids is 1. The highest BCUT2D eigenvalue weighted by Gasteiger charge is 2.26. The smallest absolute Gasteiger partial charge is 0.317 e. The molecule has 0 bridgehead atoms. The first-order valence-corrected chi connectivity index (χ1v) is 7.79. The molecule has 0 spiro atoms. The van der Waals surface area contributed by atoms with E-state index in [9.17, 15) is 9.59 Å². The number of nitrogens with zero attached hydrogens (tertiary/aromatic N) is 1. The first-order valence-electron chi connectivity index (χ1n) is 7.79. The third-order valence-electron chi connectivity index (χ3n) is 4.34. The van der Waals surface area contributed by atoms with Crippen LogP contribution in [-0.4, -0.2) is 41.6 Å². The second-order valence-electron chi connectivity index (χ2n) is 6.10. The van der Waals surface area contributed by atoms with Crippen molar-refractivity contribution in [3.05, 3.63) is 35.4 Å². The van der Waals surface area contributed by atoms with Crippen molar-refractivity contribution in [1.29, 1.82) is 0 Å². The molecule has 1 aromatic rings. The van der Waals surface area contributed by atoms with E-state index in [1.54, 1.807) is 4.90 Å². The number of rotatable bonds is 4. The highest BCUT2D eigenvalue weighted by Crippen LogP contribution is 2.18. The predicted octanol–water partition coefficient (Wildman–Crippen LogP) is 2.60. The number of hydrogen-bond acceptors (Lipinski definition) is 2. The Morgan fingerprint density at radius 1 is 1.27 bits per heavy atom. The van der Waals surface area contributed by atoms with Crippen LogP contribution in [-0.2, 0) is 4.79 Å². The van der Waals surface area contributed by atoms with Gasteiger partial charge in [0, 0.05) is 19.6 Å². The molecule has 1 atom stereocenters. The van der Waals surface area contributed by atoms with E-state index in [1.165, 1.54) is 11.1 Å². The van der Waals surface area contributed by atoms with E-state index in [4.69, 9.17) is 5.11 Å². The van der Waals surface area contributed by atoms with Crippen molar-refractivity contribution in [1.82, 2.24) is 10.2 Å². The number of carbonyl (C=O) groups is 2. The highest BCUT2D eigenvalue weighted by molar-refractivity contribution is 5.75. The van der Waals surface area contributed by atoms with E-state index in [0.717, 1.165) is 0 Å². The SMILES string of the molecule is Cc1ccc(C(C)CNC(=O)N2CCC(C(=O)O)CC2)cc1. The lowest BCUT2D eigenvalue weighted by Crippen LogP contribution is -2.46. The molecule has 22 heavy (non-hydrogen) atoms. The van der Waals surface area contributed by atoms with Crippen molar-refractivity contribution in [2.24, 2.45) is 5.92 Å². The van der Waals surface area contributed by atoms with Crippen LogP contribution in [0.4, 0.5) is 4.79 Å². The molecule has 5 nitrogen and oxygen atoms in total. The van der Waals surface area contributed by atoms with Crippen LogP contribution in [0.5, 0.6) is 0 Å². The molecule has 0 radical (unpaired) electrons. The number of carboxylic acid groups (broad SMARTS) is 1. The van der Waals surface area contributed by atoms with Crippen LogP contribution in [0.15, 0.2) is 24.3 Å². The van der Waals surface area contributed by atoms with E-state index in [1.807, 2.05) is 0 Å². The number of aryl methyl sites for hydroxylation is 1. The van der Waals surface area contributed by atoms with E-state index < -0.39 is 5.97 Å². The maximum Gasteiger partial charge on any atom is 0.317 e. The Kier molecular flexibility index (Phi) is 5.41. The molecule has 1 fully saturated rings. The van der Waals surface area contributed by atoms with Gasteiger partial charge in [-0.15, -0.1) is 0 Å². The molecule has 2 rings (SSSR count). The Balaban J connectivity index is 1.78. The van der Waals surface area contributed by atoms with E-state index in [2.05, 4.69) is 43.4 Å². The van der Waals surface area contributed by atoms with Crippen molar-refractivity contribution in [3.8, 4) is 0 Å².